The highest BCUT2D eigenvalue weighted by atomic mass is 35.5. The van der Waals surface area contributed by atoms with Crippen molar-refractivity contribution in [2.75, 3.05) is 16.9 Å². The van der Waals surface area contributed by atoms with E-state index in [1.54, 1.807) is 24.3 Å². The van der Waals surface area contributed by atoms with Crippen LogP contribution < -0.4 is 16.7 Å². The van der Waals surface area contributed by atoms with E-state index in [-0.39, 0.29) is 17.3 Å². The van der Waals surface area contributed by atoms with Crippen molar-refractivity contribution in [1.82, 2.24) is 0 Å². The number of para-hydroxylation sites is 1. The molecule has 88 valence electrons. The summed E-state index contributed by atoms with van der Waals surface area (Å²) in [5, 5.41) is 2.88. The SMILES string of the molecule is Nc1c(NC(=O)CCl)c(=O)oc2ccccc12. The Morgan fingerprint density at radius 2 is 2.12 bits per heavy atom. The van der Waals surface area contributed by atoms with Crippen molar-refractivity contribution in [1.29, 1.82) is 0 Å². The molecule has 2 rings (SSSR count). The molecular weight excluding hydrogens is 244 g/mol. The van der Waals surface area contributed by atoms with Crippen LogP contribution >= 0.6 is 11.6 Å². The molecule has 0 unspecified atom stereocenters. The Labute approximate surface area is 101 Å². The molecule has 6 heteroatoms. The van der Waals surface area contributed by atoms with Gasteiger partial charge in [-0.25, -0.2) is 4.79 Å². The molecule has 0 aliphatic heterocycles. The van der Waals surface area contributed by atoms with Gasteiger partial charge in [0.25, 0.3) is 0 Å². The first-order valence-corrected chi connectivity index (χ1v) is 5.34. The summed E-state index contributed by atoms with van der Waals surface area (Å²) in [6, 6.07) is 6.80. The van der Waals surface area contributed by atoms with E-state index >= 15 is 0 Å². The summed E-state index contributed by atoms with van der Waals surface area (Å²) in [7, 11) is 0. The lowest BCUT2D eigenvalue weighted by Gasteiger charge is -2.07. The average molecular weight is 253 g/mol. The Kier molecular flexibility index (Phi) is 3.01. The van der Waals surface area contributed by atoms with Crippen LogP contribution in [0.15, 0.2) is 33.5 Å². The van der Waals surface area contributed by atoms with Crippen LogP contribution in [-0.4, -0.2) is 11.8 Å². The van der Waals surface area contributed by atoms with E-state index in [1.807, 2.05) is 0 Å². The van der Waals surface area contributed by atoms with Crippen molar-refractivity contribution >= 4 is 39.9 Å². The van der Waals surface area contributed by atoms with Gasteiger partial charge in [-0.15, -0.1) is 11.6 Å². The highest BCUT2D eigenvalue weighted by molar-refractivity contribution is 6.29. The maximum atomic E-state index is 11.6. The van der Waals surface area contributed by atoms with E-state index in [0.717, 1.165) is 0 Å². The largest absolute Gasteiger partial charge is 0.421 e. The number of carbonyl (C=O) groups is 1. The molecule has 0 aliphatic carbocycles. The van der Waals surface area contributed by atoms with Gasteiger partial charge in [-0.3, -0.25) is 4.79 Å². The first kappa shape index (κ1) is 11.5. The topological polar surface area (TPSA) is 85.3 Å². The number of anilines is 2. The zero-order valence-electron chi connectivity index (χ0n) is 8.70. The zero-order chi connectivity index (χ0) is 12.4. The Bertz CT molecular complexity index is 636. The number of nitrogens with two attached hydrogens (primary N) is 1. The fourth-order valence-electron chi connectivity index (χ4n) is 1.46. The number of amides is 1. The van der Waals surface area contributed by atoms with E-state index in [4.69, 9.17) is 21.8 Å². The Balaban J connectivity index is 2.64. The number of halogens is 1. The molecule has 0 saturated heterocycles. The molecule has 0 aliphatic rings. The smallest absolute Gasteiger partial charge is 0.362 e. The predicted octanol–water partition coefficient (Wildman–Crippen LogP) is 1.55. The minimum atomic E-state index is -0.695. The van der Waals surface area contributed by atoms with Gasteiger partial charge < -0.3 is 15.5 Å². The molecule has 1 amide bonds. The summed E-state index contributed by atoms with van der Waals surface area (Å²) in [5.41, 5.74) is 5.59. The van der Waals surface area contributed by atoms with Crippen LogP contribution in [0.5, 0.6) is 0 Å². The Hall–Kier alpha value is -2.01. The monoisotopic (exact) mass is 252 g/mol. The molecule has 3 N–H and O–H groups in total. The third-order valence-electron chi connectivity index (χ3n) is 2.24. The highest BCUT2D eigenvalue weighted by Crippen LogP contribution is 2.24. The second kappa shape index (κ2) is 4.47. The molecule has 0 saturated carbocycles. The molecule has 1 heterocycles. The van der Waals surface area contributed by atoms with E-state index in [9.17, 15) is 9.59 Å². The minimum Gasteiger partial charge on any atom is -0.421 e. The number of rotatable bonds is 2. The molecule has 0 radical (unpaired) electrons. The zero-order valence-corrected chi connectivity index (χ0v) is 9.45. The summed E-state index contributed by atoms with van der Waals surface area (Å²) >= 11 is 5.34. The van der Waals surface area contributed by atoms with Gasteiger partial charge >= 0.3 is 5.63 Å². The van der Waals surface area contributed by atoms with Crippen LogP contribution in [0.2, 0.25) is 0 Å². The van der Waals surface area contributed by atoms with Gasteiger partial charge in [-0.1, -0.05) is 12.1 Å². The van der Waals surface area contributed by atoms with Gasteiger partial charge in [0.1, 0.15) is 11.5 Å². The molecule has 5 nitrogen and oxygen atoms in total. The quantitative estimate of drug-likeness (QED) is 0.627. The fourth-order valence-corrected chi connectivity index (χ4v) is 1.53. The van der Waals surface area contributed by atoms with Crippen molar-refractivity contribution in [2.24, 2.45) is 0 Å². The Morgan fingerprint density at radius 1 is 1.41 bits per heavy atom. The standard InChI is InChI=1S/C11H9ClN2O3/c12-5-8(15)14-10-9(13)6-3-1-2-4-7(6)17-11(10)16/h1-4H,5,13H2,(H,14,15). The van der Waals surface area contributed by atoms with Crippen LogP contribution in [0.1, 0.15) is 0 Å². The van der Waals surface area contributed by atoms with E-state index < -0.39 is 11.5 Å². The molecular formula is C11H9ClN2O3. The van der Waals surface area contributed by atoms with Crippen LogP contribution in [0, 0.1) is 0 Å². The Morgan fingerprint density at radius 3 is 2.82 bits per heavy atom. The third kappa shape index (κ3) is 2.09. The molecule has 0 spiro atoms. The summed E-state index contributed by atoms with van der Waals surface area (Å²) in [5.74, 6) is -0.771. The summed E-state index contributed by atoms with van der Waals surface area (Å²) in [6.07, 6.45) is 0. The van der Waals surface area contributed by atoms with Gasteiger partial charge in [-0.2, -0.15) is 0 Å². The van der Waals surface area contributed by atoms with Crippen LogP contribution in [-0.2, 0) is 4.79 Å². The number of nitrogen functional groups attached to an aromatic ring is 1. The van der Waals surface area contributed by atoms with Crippen LogP contribution in [0.4, 0.5) is 11.4 Å². The summed E-state index contributed by atoms with van der Waals surface area (Å²) in [4.78, 5) is 22.7. The lowest BCUT2D eigenvalue weighted by Crippen LogP contribution is -2.20. The normalized spacial score (nSPS) is 10.4. The van der Waals surface area contributed by atoms with Crippen LogP contribution in [0.3, 0.4) is 0 Å². The lowest BCUT2D eigenvalue weighted by atomic mass is 10.2. The molecule has 1 aromatic heterocycles. The number of carbonyl (C=O) groups excluding carboxylic acids is 1. The number of benzene rings is 1. The number of hydrogen-bond acceptors (Lipinski definition) is 4. The van der Waals surface area contributed by atoms with Gasteiger partial charge in [0.15, 0.2) is 5.69 Å². The fraction of sp³-hybridized carbons (Fsp3) is 0.0909. The molecule has 0 atom stereocenters. The molecule has 0 bridgehead atoms. The second-order valence-electron chi connectivity index (χ2n) is 3.36. The maximum Gasteiger partial charge on any atom is 0.362 e. The van der Waals surface area contributed by atoms with E-state index in [1.165, 1.54) is 0 Å². The van der Waals surface area contributed by atoms with Gasteiger partial charge in [0.2, 0.25) is 5.91 Å². The highest BCUT2D eigenvalue weighted by Gasteiger charge is 2.13. The van der Waals surface area contributed by atoms with Crippen molar-refractivity contribution in [3.63, 3.8) is 0 Å². The maximum absolute atomic E-state index is 11.6. The molecule has 1 aromatic carbocycles. The number of hydrogen-bond donors (Lipinski definition) is 2. The number of alkyl halides is 1. The van der Waals surface area contributed by atoms with Gasteiger partial charge in [0.05, 0.1) is 5.69 Å². The van der Waals surface area contributed by atoms with E-state index in [2.05, 4.69) is 5.32 Å². The lowest BCUT2D eigenvalue weighted by molar-refractivity contribution is -0.113. The first-order valence-electron chi connectivity index (χ1n) is 4.80. The van der Waals surface area contributed by atoms with Crippen LogP contribution in [0.25, 0.3) is 11.0 Å². The predicted molar refractivity (Wildman–Crippen MR) is 66.2 cm³/mol. The molecule has 0 fully saturated rings. The van der Waals surface area contributed by atoms with Gasteiger partial charge in [0, 0.05) is 5.39 Å². The van der Waals surface area contributed by atoms with Crippen molar-refractivity contribution < 1.29 is 9.21 Å². The summed E-state index contributed by atoms with van der Waals surface area (Å²) in [6.45, 7) is 0. The summed E-state index contributed by atoms with van der Waals surface area (Å²) < 4.78 is 5.03. The second-order valence-corrected chi connectivity index (χ2v) is 3.62. The first-order chi connectivity index (χ1) is 8.13. The minimum absolute atomic E-state index is 0.0747. The van der Waals surface area contributed by atoms with Crippen molar-refractivity contribution in [2.45, 2.75) is 0 Å². The molecule has 2 aromatic rings. The third-order valence-corrected chi connectivity index (χ3v) is 2.48. The van der Waals surface area contributed by atoms with Crippen molar-refractivity contribution in [3.8, 4) is 0 Å². The van der Waals surface area contributed by atoms with E-state index in [0.29, 0.717) is 11.0 Å². The number of nitrogens with one attached hydrogen (secondary N) is 1. The average Bonchev–Trinajstić information content (AvgIpc) is 2.34. The molecule has 17 heavy (non-hydrogen) atoms. The van der Waals surface area contributed by atoms with Crippen molar-refractivity contribution in [3.05, 3.63) is 34.7 Å². The van der Waals surface area contributed by atoms with Gasteiger partial charge in [-0.05, 0) is 12.1 Å². The number of fused-ring (bicyclic) bond motifs is 1.